The van der Waals surface area contributed by atoms with Gasteiger partial charge in [0.25, 0.3) is 0 Å². The number of fused-ring (bicyclic) bond motifs is 1. The molecular formula is C15H11FNO4-. The van der Waals surface area contributed by atoms with E-state index in [1.807, 2.05) is 0 Å². The smallest absolute Gasteiger partial charge is 0.234 e. The lowest BCUT2D eigenvalue weighted by Gasteiger charge is -2.24. The standard InChI is InChI=1S/C15H12FNO4/c16-8-3-1-2-4-9(8)17-7-15-6-5-10(21-15)11(14(19)20)12(15)13(17)18/h1-6,10-12H,7H2,(H,19,20)/p-1/t10-,11+,12-,15-/m1/s1. The van der Waals surface area contributed by atoms with E-state index in [1.165, 1.54) is 23.1 Å². The Morgan fingerprint density at radius 3 is 2.90 bits per heavy atom. The molecule has 1 aromatic rings. The number of carboxylic acids is 1. The summed E-state index contributed by atoms with van der Waals surface area (Å²) in [5, 5.41) is 11.3. The van der Waals surface area contributed by atoms with Gasteiger partial charge in [-0.3, -0.25) is 4.79 Å². The molecule has 2 saturated heterocycles. The molecule has 5 nitrogen and oxygen atoms in total. The summed E-state index contributed by atoms with van der Waals surface area (Å²) in [6, 6.07) is 5.92. The molecule has 2 fully saturated rings. The number of carbonyl (C=O) groups excluding carboxylic acids is 2. The quantitative estimate of drug-likeness (QED) is 0.710. The summed E-state index contributed by atoms with van der Waals surface area (Å²) < 4.78 is 19.6. The summed E-state index contributed by atoms with van der Waals surface area (Å²) in [5.41, 5.74) is -0.835. The zero-order chi connectivity index (χ0) is 14.8. The van der Waals surface area contributed by atoms with E-state index in [4.69, 9.17) is 4.74 Å². The zero-order valence-electron chi connectivity index (χ0n) is 10.9. The molecule has 4 rings (SSSR count). The molecule has 3 heterocycles. The monoisotopic (exact) mass is 288 g/mol. The van der Waals surface area contributed by atoms with Gasteiger partial charge in [0.05, 0.1) is 24.3 Å². The van der Waals surface area contributed by atoms with Crippen LogP contribution in [0.25, 0.3) is 0 Å². The molecule has 0 aliphatic carbocycles. The van der Waals surface area contributed by atoms with Crippen molar-refractivity contribution in [2.45, 2.75) is 11.7 Å². The first-order valence-electron chi connectivity index (χ1n) is 6.67. The van der Waals surface area contributed by atoms with Crippen LogP contribution in [0.4, 0.5) is 10.1 Å². The summed E-state index contributed by atoms with van der Waals surface area (Å²) in [6.07, 6.45) is 2.74. The fraction of sp³-hybridized carbons (Fsp3) is 0.333. The number of carboxylic acid groups (broad SMARTS) is 1. The Bertz CT molecular complexity index is 688. The third-order valence-electron chi connectivity index (χ3n) is 4.52. The minimum absolute atomic E-state index is 0.119. The fourth-order valence-corrected chi connectivity index (χ4v) is 3.64. The summed E-state index contributed by atoms with van der Waals surface area (Å²) in [7, 11) is 0. The van der Waals surface area contributed by atoms with Gasteiger partial charge in [-0.15, -0.1) is 0 Å². The topological polar surface area (TPSA) is 69.7 Å². The van der Waals surface area contributed by atoms with Crippen molar-refractivity contribution in [3.63, 3.8) is 0 Å². The van der Waals surface area contributed by atoms with Crippen molar-refractivity contribution >= 4 is 17.6 Å². The number of nitrogens with zero attached hydrogens (tertiary/aromatic N) is 1. The SMILES string of the molecule is O=C([O-])[C@H]1[C@H]2C=C[C@]3(CN(c4ccccc4F)C(=O)[C@@H]13)O2. The molecule has 6 heteroatoms. The average Bonchev–Trinajstić information content (AvgIpc) is 3.08. The molecule has 0 saturated carbocycles. The van der Waals surface area contributed by atoms with Crippen LogP contribution in [0.1, 0.15) is 0 Å². The van der Waals surface area contributed by atoms with Gasteiger partial charge in [0.15, 0.2) is 0 Å². The molecule has 1 amide bonds. The van der Waals surface area contributed by atoms with Crippen LogP contribution in [-0.2, 0) is 14.3 Å². The van der Waals surface area contributed by atoms with E-state index in [1.54, 1.807) is 18.2 Å². The molecule has 0 aromatic heterocycles. The molecule has 3 aliphatic heterocycles. The Morgan fingerprint density at radius 2 is 2.19 bits per heavy atom. The molecule has 1 spiro atoms. The van der Waals surface area contributed by atoms with E-state index in [0.717, 1.165) is 0 Å². The number of hydrogen-bond acceptors (Lipinski definition) is 4. The number of para-hydroxylation sites is 1. The Morgan fingerprint density at radius 1 is 1.43 bits per heavy atom. The first kappa shape index (κ1) is 12.5. The van der Waals surface area contributed by atoms with Gasteiger partial charge in [-0.25, -0.2) is 4.39 Å². The highest BCUT2D eigenvalue weighted by molar-refractivity contribution is 6.02. The number of aliphatic carboxylic acids is 1. The third kappa shape index (κ3) is 1.48. The Balaban J connectivity index is 1.78. The van der Waals surface area contributed by atoms with E-state index >= 15 is 0 Å². The average molecular weight is 288 g/mol. The molecule has 2 bridgehead atoms. The second-order valence-electron chi connectivity index (χ2n) is 5.59. The lowest BCUT2D eigenvalue weighted by atomic mass is 9.77. The molecule has 1 aromatic carbocycles. The van der Waals surface area contributed by atoms with Crippen LogP contribution in [0.3, 0.4) is 0 Å². The minimum atomic E-state index is -1.31. The van der Waals surface area contributed by atoms with Gasteiger partial charge in [-0.05, 0) is 12.1 Å². The van der Waals surface area contributed by atoms with Crippen molar-refractivity contribution < 1.29 is 23.8 Å². The number of halogens is 1. The van der Waals surface area contributed by atoms with Crippen molar-refractivity contribution in [2.75, 3.05) is 11.4 Å². The van der Waals surface area contributed by atoms with Gasteiger partial charge >= 0.3 is 0 Å². The van der Waals surface area contributed by atoms with Crippen LogP contribution in [0.2, 0.25) is 0 Å². The molecule has 0 unspecified atom stereocenters. The zero-order valence-corrected chi connectivity index (χ0v) is 10.9. The number of amides is 1. The number of carbonyl (C=O) groups is 2. The van der Waals surface area contributed by atoms with Crippen LogP contribution in [0, 0.1) is 17.7 Å². The van der Waals surface area contributed by atoms with Crippen molar-refractivity contribution in [2.24, 2.45) is 11.8 Å². The first-order valence-corrected chi connectivity index (χ1v) is 6.67. The van der Waals surface area contributed by atoms with Gasteiger partial charge in [0.2, 0.25) is 5.91 Å². The van der Waals surface area contributed by atoms with Gasteiger partial charge in [0, 0.05) is 11.9 Å². The Labute approximate surface area is 119 Å². The largest absolute Gasteiger partial charge is 0.550 e. The second-order valence-corrected chi connectivity index (χ2v) is 5.59. The molecule has 0 N–H and O–H groups in total. The van der Waals surface area contributed by atoms with Gasteiger partial charge in [-0.2, -0.15) is 0 Å². The van der Waals surface area contributed by atoms with Crippen LogP contribution in [-0.4, -0.2) is 30.1 Å². The van der Waals surface area contributed by atoms with E-state index in [-0.39, 0.29) is 12.2 Å². The molecule has 4 atom stereocenters. The predicted molar refractivity (Wildman–Crippen MR) is 67.5 cm³/mol. The number of anilines is 1. The Kier molecular flexibility index (Phi) is 2.34. The summed E-state index contributed by atoms with van der Waals surface area (Å²) in [4.78, 5) is 25.2. The maximum absolute atomic E-state index is 13.9. The maximum Gasteiger partial charge on any atom is 0.234 e. The molecule has 0 radical (unpaired) electrons. The molecule has 108 valence electrons. The van der Waals surface area contributed by atoms with Gasteiger partial charge < -0.3 is 19.5 Å². The normalized spacial score (nSPS) is 36.3. The van der Waals surface area contributed by atoms with Crippen LogP contribution in [0.5, 0.6) is 0 Å². The van der Waals surface area contributed by atoms with Crippen LogP contribution >= 0.6 is 0 Å². The van der Waals surface area contributed by atoms with Crippen LogP contribution in [0.15, 0.2) is 36.4 Å². The highest BCUT2D eigenvalue weighted by Gasteiger charge is 2.65. The maximum atomic E-state index is 13.9. The third-order valence-corrected chi connectivity index (χ3v) is 4.52. The number of hydrogen-bond donors (Lipinski definition) is 0. The van der Waals surface area contributed by atoms with E-state index in [0.29, 0.717) is 0 Å². The van der Waals surface area contributed by atoms with E-state index in [2.05, 4.69) is 0 Å². The predicted octanol–water partition coefficient (Wildman–Crippen LogP) is -0.138. The first-order chi connectivity index (χ1) is 10.0. The molecular weight excluding hydrogens is 277 g/mol. The lowest BCUT2D eigenvalue weighted by molar-refractivity contribution is -0.313. The minimum Gasteiger partial charge on any atom is -0.550 e. The highest BCUT2D eigenvalue weighted by atomic mass is 19.1. The molecule has 3 aliphatic rings. The number of ether oxygens (including phenoxy) is 1. The van der Waals surface area contributed by atoms with E-state index < -0.39 is 41.2 Å². The van der Waals surface area contributed by atoms with E-state index in [9.17, 15) is 19.1 Å². The fourth-order valence-electron chi connectivity index (χ4n) is 3.64. The van der Waals surface area contributed by atoms with Gasteiger partial charge in [-0.1, -0.05) is 24.3 Å². The highest BCUT2D eigenvalue weighted by Crippen LogP contribution is 2.52. The summed E-state index contributed by atoms with van der Waals surface area (Å²) >= 11 is 0. The van der Waals surface area contributed by atoms with Crippen molar-refractivity contribution in [1.29, 1.82) is 0 Å². The van der Waals surface area contributed by atoms with Crippen molar-refractivity contribution in [3.8, 4) is 0 Å². The number of rotatable bonds is 2. The van der Waals surface area contributed by atoms with Crippen molar-refractivity contribution in [1.82, 2.24) is 0 Å². The lowest BCUT2D eigenvalue weighted by Crippen LogP contribution is -2.45. The van der Waals surface area contributed by atoms with Crippen molar-refractivity contribution in [3.05, 3.63) is 42.2 Å². The summed E-state index contributed by atoms with van der Waals surface area (Å²) in [5.74, 6) is -4.12. The Hall–Kier alpha value is -2.21. The van der Waals surface area contributed by atoms with Crippen LogP contribution < -0.4 is 10.0 Å². The summed E-state index contributed by atoms with van der Waals surface area (Å²) in [6.45, 7) is 0.119. The second kappa shape index (κ2) is 3.92. The molecule has 21 heavy (non-hydrogen) atoms. The number of benzene rings is 1. The van der Waals surface area contributed by atoms with Gasteiger partial charge in [0.1, 0.15) is 11.4 Å².